The van der Waals surface area contributed by atoms with Gasteiger partial charge >= 0.3 is 13.2 Å². The smallest absolute Gasteiger partial charge is 0.449 e. The van der Waals surface area contributed by atoms with Crippen molar-refractivity contribution in [1.29, 1.82) is 0 Å². The number of nitrogens with zero attached hydrogens (tertiary/aromatic N) is 2. The molecule has 6 rings (SSSR count). The highest BCUT2D eigenvalue weighted by atomic mass is 35.5. The monoisotopic (exact) mass is 567 g/mol. The Kier molecular flexibility index (Phi) is 7.10. The summed E-state index contributed by atoms with van der Waals surface area (Å²) in [6.07, 6.45) is 2.95. The van der Waals surface area contributed by atoms with Gasteiger partial charge in [0.15, 0.2) is 0 Å². The number of fused-ring (bicyclic) bond motifs is 4. The molecular weight excluding hydrogens is 537 g/mol. The van der Waals surface area contributed by atoms with Gasteiger partial charge < -0.3 is 19.4 Å². The number of hydrogen-bond donors (Lipinski definition) is 1. The van der Waals surface area contributed by atoms with E-state index < -0.39 is 24.4 Å². The molecule has 1 fully saturated rings. The van der Waals surface area contributed by atoms with Gasteiger partial charge in [-0.15, -0.1) is 0 Å². The van der Waals surface area contributed by atoms with Gasteiger partial charge in [-0.05, 0) is 73.1 Å². The number of aromatic nitrogens is 2. The van der Waals surface area contributed by atoms with Crippen molar-refractivity contribution >= 4 is 41.9 Å². The standard InChI is InChI=1S/C32H31BClN3O4/c1-31(2)32(3,4)41-33(40-31)21(15-20-13-14-27-28(16-20)37-29(34)18-35-27)17-36-30(38)39-19-26-24-11-7-5-9-22(24)23-10-6-8-12-25(23)26/h5-16,18,26H,17,19H2,1-4H3,(H,36,38). The third kappa shape index (κ3) is 5.35. The van der Waals surface area contributed by atoms with Crippen LogP contribution in [0.2, 0.25) is 5.15 Å². The van der Waals surface area contributed by atoms with Crippen LogP contribution in [0.5, 0.6) is 0 Å². The van der Waals surface area contributed by atoms with Crippen LogP contribution >= 0.6 is 11.6 Å². The summed E-state index contributed by atoms with van der Waals surface area (Å²) in [4.78, 5) is 21.7. The quantitative estimate of drug-likeness (QED) is 0.257. The number of ether oxygens (including phenoxy) is 1. The molecule has 1 amide bonds. The summed E-state index contributed by atoms with van der Waals surface area (Å²) >= 11 is 6.07. The lowest BCUT2D eigenvalue weighted by Gasteiger charge is -2.32. The van der Waals surface area contributed by atoms with Gasteiger partial charge in [-0.3, -0.25) is 4.98 Å². The average molecular weight is 568 g/mol. The number of benzene rings is 3. The van der Waals surface area contributed by atoms with E-state index in [0.29, 0.717) is 10.7 Å². The van der Waals surface area contributed by atoms with E-state index in [1.54, 1.807) is 0 Å². The number of carbonyl (C=O) groups excluding carboxylic acids is 1. The van der Waals surface area contributed by atoms with Crippen molar-refractivity contribution in [3.8, 4) is 11.1 Å². The van der Waals surface area contributed by atoms with Crippen LogP contribution in [0, 0.1) is 0 Å². The number of nitrogens with one attached hydrogen (secondary N) is 1. The Morgan fingerprint density at radius 2 is 1.61 bits per heavy atom. The highest BCUT2D eigenvalue weighted by Crippen LogP contribution is 2.44. The van der Waals surface area contributed by atoms with Gasteiger partial charge in [0, 0.05) is 12.5 Å². The van der Waals surface area contributed by atoms with Crippen LogP contribution < -0.4 is 5.32 Å². The van der Waals surface area contributed by atoms with E-state index in [4.69, 9.17) is 25.6 Å². The van der Waals surface area contributed by atoms with Crippen LogP contribution in [-0.2, 0) is 14.0 Å². The summed E-state index contributed by atoms with van der Waals surface area (Å²) in [6.45, 7) is 8.40. The fourth-order valence-electron chi connectivity index (χ4n) is 5.33. The number of hydrogen-bond acceptors (Lipinski definition) is 6. The minimum Gasteiger partial charge on any atom is -0.449 e. The van der Waals surface area contributed by atoms with Crippen LogP contribution in [0.4, 0.5) is 4.79 Å². The van der Waals surface area contributed by atoms with Crippen molar-refractivity contribution < 1.29 is 18.8 Å². The molecule has 9 heteroatoms. The molecule has 1 aliphatic carbocycles. The Hall–Kier alpha value is -3.72. The predicted molar refractivity (Wildman–Crippen MR) is 162 cm³/mol. The zero-order valence-electron chi connectivity index (χ0n) is 23.5. The molecule has 41 heavy (non-hydrogen) atoms. The predicted octanol–water partition coefficient (Wildman–Crippen LogP) is 6.84. The second kappa shape index (κ2) is 10.6. The highest BCUT2D eigenvalue weighted by Gasteiger charge is 2.52. The molecule has 1 saturated heterocycles. The maximum atomic E-state index is 13.0. The highest BCUT2D eigenvalue weighted by molar-refractivity contribution is 6.56. The van der Waals surface area contributed by atoms with Gasteiger partial charge in [0.25, 0.3) is 0 Å². The first-order valence-electron chi connectivity index (χ1n) is 13.7. The molecule has 0 saturated carbocycles. The van der Waals surface area contributed by atoms with E-state index in [-0.39, 0.29) is 19.1 Å². The minimum absolute atomic E-state index is 0.0169. The SMILES string of the molecule is CC1(C)OB(C(=Cc2ccc3ncc(Cl)nc3c2)CNC(=O)OCC2c3ccccc3-c3ccccc32)OC1(C)C. The third-order valence-electron chi connectivity index (χ3n) is 8.23. The molecule has 1 N–H and O–H groups in total. The summed E-state index contributed by atoms with van der Waals surface area (Å²) in [7, 11) is -0.657. The molecule has 3 aromatic carbocycles. The second-order valence-electron chi connectivity index (χ2n) is 11.4. The maximum absolute atomic E-state index is 13.0. The molecule has 0 bridgehead atoms. The maximum Gasteiger partial charge on any atom is 0.492 e. The first kappa shape index (κ1) is 27.5. The van der Waals surface area contributed by atoms with Crippen LogP contribution in [0.1, 0.15) is 50.3 Å². The van der Waals surface area contributed by atoms with Crippen molar-refractivity contribution in [3.63, 3.8) is 0 Å². The first-order chi connectivity index (χ1) is 19.6. The Morgan fingerprint density at radius 3 is 2.27 bits per heavy atom. The van der Waals surface area contributed by atoms with E-state index in [0.717, 1.165) is 16.6 Å². The molecule has 0 atom stereocenters. The molecule has 2 heterocycles. The summed E-state index contributed by atoms with van der Waals surface area (Å²) in [5, 5.41) is 3.24. The number of halogens is 1. The normalized spacial score (nSPS) is 17.4. The zero-order chi connectivity index (χ0) is 28.8. The van der Waals surface area contributed by atoms with Crippen molar-refractivity contribution in [2.24, 2.45) is 0 Å². The van der Waals surface area contributed by atoms with Crippen molar-refractivity contribution in [1.82, 2.24) is 15.3 Å². The van der Waals surface area contributed by atoms with Crippen LogP contribution in [0.25, 0.3) is 28.2 Å². The van der Waals surface area contributed by atoms with Crippen molar-refractivity contribution in [3.05, 3.63) is 100 Å². The summed E-state index contributed by atoms with van der Waals surface area (Å²) in [6, 6.07) is 22.2. The topological polar surface area (TPSA) is 82.6 Å². The third-order valence-corrected chi connectivity index (χ3v) is 8.41. The number of amides is 1. The zero-order valence-corrected chi connectivity index (χ0v) is 24.2. The summed E-state index contributed by atoms with van der Waals surface area (Å²) < 4.78 is 18.4. The average Bonchev–Trinajstić information content (AvgIpc) is 3.38. The molecule has 2 aliphatic rings. The fourth-order valence-corrected chi connectivity index (χ4v) is 5.47. The number of rotatable bonds is 6. The Labute approximate surface area is 245 Å². The molecule has 208 valence electrons. The first-order valence-corrected chi connectivity index (χ1v) is 14.1. The molecule has 1 aromatic heterocycles. The Balaban J connectivity index is 1.20. The van der Waals surface area contributed by atoms with Crippen molar-refractivity contribution in [2.75, 3.05) is 13.2 Å². The second-order valence-corrected chi connectivity index (χ2v) is 11.8. The molecular formula is C32H31BClN3O4. The lowest BCUT2D eigenvalue weighted by atomic mass is 9.77. The number of carbonyl (C=O) groups is 1. The molecule has 0 unspecified atom stereocenters. The Bertz CT molecular complexity index is 1610. The van der Waals surface area contributed by atoms with Crippen molar-refractivity contribution in [2.45, 2.75) is 44.8 Å². The number of alkyl carbamates (subject to hydrolysis) is 1. The van der Waals surface area contributed by atoms with E-state index in [1.807, 2.05) is 76.2 Å². The summed E-state index contributed by atoms with van der Waals surface area (Å²) in [5.41, 5.74) is 6.63. The minimum atomic E-state index is -0.657. The van der Waals surface area contributed by atoms with Crippen LogP contribution in [0.15, 0.2) is 78.4 Å². The van der Waals surface area contributed by atoms with Gasteiger partial charge in [-0.2, -0.15) is 0 Å². The molecule has 0 spiro atoms. The van der Waals surface area contributed by atoms with Crippen LogP contribution in [0.3, 0.4) is 0 Å². The largest absolute Gasteiger partial charge is 0.492 e. The molecule has 1 aliphatic heterocycles. The van der Waals surface area contributed by atoms with Gasteiger partial charge in [0.05, 0.1) is 28.4 Å². The Morgan fingerprint density at radius 1 is 0.976 bits per heavy atom. The molecule has 0 radical (unpaired) electrons. The van der Waals surface area contributed by atoms with E-state index >= 15 is 0 Å². The molecule has 4 aromatic rings. The van der Waals surface area contributed by atoms with Gasteiger partial charge in [0.1, 0.15) is 11.8 Å². The lowest BCUT2D eigenvalue weighted by molar-refractivity contribution is 0.00578. The fraction of sp³-hybridized carbons (Fsp3) is 0.281. The van der Waals surface area contributed by atoms with E-state index in [1.165, 1.54) is 28.5 Å². The van der Waals surface area contributed by atoms with Crippen LogP contribution in [-0.4, -0.2) is 47.5 Å². The van der Waals surface area contributed by atoms with Gasteiger partial charge in [0.2, 0.25) is 0 Å². The van der Waals surface area contributed by atoms with E-state index in [2.05, 4.69) is 39.6 Å². The summed E-state index contributed by atoms with van der Waals surface area (Å²) in [5.74, 6) is -0.0169. The van der Waals surface area contributed by atoms with Gasteiger partial charge in [-0.25, -0.2) is 9.78 Å². The van der Waals surface area contributed by atoms with E-state index in [9.17, 15) is 4.79 Å². The molecule has 7 nitrogen and oxygen atoms in total. The lowest BCUT2D eigenvalue weighted by Crippen LogP contribution is -2.41. The van der Waals surface area contributed by atoms with Gasteiger partial charge in [-0.1, -0.05) is 72.3 Å².